The van der Waals surface area contributed by atoms with Crippen molar-refractivity contribution in [3.05, 3.63) is 182 Å². The zero-order chi connectivity index (χ0) is 40.8. The lowest BCUT2D eigenvalue weighted by Gasteiger charge is -2.40. The van der Waals surface area contributed by atoms with Crippen LogP contribution in [0.2, 0.25) is 0 Å². The average molecular weight is 825 g/mol. The highest BCUT2D eigenvalue weighted by Crippen LogP contribution is 2.37. The molecular weight excluding hydrogens is 787 g/mol. The summed E-state index contributed by atoms with van der Waals surface area (Å²) in [7, 11) is 1.54. The van der Waals surface area contributed by atoms with Crippen molar-refractivity contribution in [2.75, 3.05) is 20.2 Å². The second-order valence-electron chi connectivity index (χ2n) is 14.9. The molecule has 2 aliphatic heterocycles. The minimum atomic E-state index is -1.39. The number of hydrogen-bond donors (Lipinski definition) is 4. The number of hydrogen-bond acceptors (Lipinski definition) is 8. The van der Waals surface area contributed by atoms with Crippen molar-refractivity contribution in [2.24, 2.45) is 5.92 Å². The van der Waals surface area contributed by atoms with Crippen molar-refractivity contribution >= 4 is 24.8 Å². The fraction of sp³-hybridized carbons (Fsp3) is 0.262. The molecule has 16 heteroatoms. The smallest absolute Gasteiger partial charge is 0.329 e. The van der Waals surface area contributed by atoms with E-state index in [4.69, 9.17) is 29.6 Å². The SMILES string of the molecule is COc1ccc(C(c2c(S)n(Cc3ccc(F)cc3)c(=O)[nH]c2=O)c2c([O-])n(Cc3ccc(F)cc3)c(=S)[nH]c2=O)cc1C[NH+]1C[C@@H]2C[C@H](C1)c1cccc(=O)n1C2. The number of nitrogens with zero attached hydrogens (tertiary/aromatic N) is 3. The van der Waals surface area contributed by atoms with Gasteiger partial charge < -0.3 is 23.9 Å². The van der Waals surface area contributed by atoms with Crippen molar-refractivity contribution in [1.82, 2.24) is 23.7 Å². The number of methoxy groups -OCH3 is 1. The van der Waals surface area contributed by atoms with Gasteiger partial charge in [0, 0.05) is 53.7 Å². The van der Waals surface area contributed by atoms with Crippen molar-refractivity contribution in [1.29, 1.82) is 0 Å². The molecule has 3 aromatic carbocycles. The Morgan fingerprint density at radius 3 is 2.21 bits per heavy atom. The lowest BCUT2D eigenvalue weighted by molar-refractivity contribution is -0.924. The molecule has 1 saturated heterocycles. The molecule has 2 bridgehead atoms. The highest BCUT2D eigenvalue weighted by atomic mass is 32.1. The van der Waals surface area contributed by atoms with Gasteiger partial charge in [0.15, 0.2) is 4.77 Å². The standard InChI is InChI=1S/C42H38F2N6O6S2/c1-56-32-14-9-26(16-28(32)22-47-17-25-15-27(21-47)31-3-2-4-33(51)48(31)20-25)34(35-37(52)46-42(58)49(39(35)54)18-23-5-10-29(43)11-6-23)36-38(53)45-41(55)50(40(36)57)19-24-7-12-30(44)13-8-24/h2-14,16,25,27,34,54,57H,15,17-22H2,1H3,(H,45,53,55)(H,46,52,58)/t25-,27+,34?/m0/s1. The monoisotopic (exact) mass is 824 g/mol. The van der Waals surface area contributed by atoms with Gasteiger partial charge in [-0.2, -0.15) is 0 Å². The first kappa shape index (κ1) is 39.0. The second-order valence-corrected chi connectivity index (χ2v) is 15.7. The van der Waals surface area contributed by atoms with Crippen LogP contribution in [0.5, 0.6) is 11.6 Å². The molecule has 8 rings (SSSR count). The van der Waals surface area contributed by atoms with Crippen LogP contribution in [0.15, 0.2) is 109 Å². The van der Waals surface area contributed by atoms with Crippen LogP contribution in [0.4, 0.5) is 8.78 Å². The number of benzene rings is 3. The maximum absolute atomic E-state index is 14.6. The number of likely N-dealkylation sites (tertiary alicyclic amines) is 1. The van der Waals surface area contributed by atoms with Gasteiger partial charge in [0.1, 0.15) is 23.9 Å². The molecule has 0 spiro atoms. The third-order valence-electron chi connectivity index (χ3n) is 11.2. The van der Waals surface area contributed by atoms with Crippen molar-refractivity contribution in [2.45, 2.75) is 49.5 Å². The number of H-pyrrole nitrogens is 2. The number of fused-ring (bicyclic) bond motifs is 4. The van der Waals surface area contributed by atoms with Gasteiger partial charge >= 0.3 is 5.69 Å². The Balaban J connectivity index is 1.28. The number of rotatable bonds is 10. The molecule has 0 aliphatic carbocycles. The molecule has 1 fully saturated rings. The number of aromatic amines is 2. The van der Waals surface area contributed by atoms with Crippen molar-refractivity contribution < 1.29 is 23.5 Å². The third kappa shape index (κ3) is 7.50. The van der Waals surface area contributed by atoms with E-state index in [0.29, 0.717) is 35.5 Å². The second kappa shape index (κ2) is 15.8. The first-order valence-corrected chi connectivity index (χ1v) is 19.5. The van der Waals surface area contributed by atoms with Crippen LogP contribution in [-0.4, -0.2) is 43.9 Å². The zero-order valence-electron chi connectivity index (χ0n) is 31.2. The van der Waals surface area contributed by atoms with Crippen molar-refractivity contribution in [3.8, 4) is 11.6 Å². The molecule has 12 nitrogen and oxygen atoms in total. The van der Waals surface area contributed by atoms with Crippen LogP contribution in [-0.2, 0) is 26.2 Å². The maximum atomic E-state index is 14.6. The van der Waals surface area contributed by atoms with E-state index in [9.17, 15) is 33.1 Å². The molecule has 6 aromatic rings. The average Bonchev–Trinajstić information content (AvgIpc) is 3.19. The number of quaternary nitrogens is 1. The lowest BCUT2D eigenvalue weighted by atomic mass is 9.82. The van der Waals surface area contributed by atoms with Crippen LogP contribution in [0.1, 0.15) is 57.3 Å². The number of piperidine rings is 1. The lowest BCUT2D eigenvalue weighted by Crippen LogP contribution is -3.13. The van der Waals surface area contributed by atoms with Gasteiger partial charge in [0.05, 0.1) is 37.3 Å². The van der Waals surface area contributed by atoms with E-state index >= 15 is 0 Å². The van der Waals surface area contributed by atoms with Crippen LogP contribution in [0.3, 0.4) is 0 Å². The molecule has 3 N–H and O–H groups in total. The van der Waals surface area contributed by atoms with Gasteiger partial charge in [-0.05, 0) is 83.7 Å². The largest absolute Gasteiger partial charge is 0.860 e. The molecular formula is C42H38F2N6O6S2. The summed E-state index contributed by atoms with van der Waals surface area (Å²) in [5.74, 6) is -2.15. The van der Waals surface area contributed by atoms with E-state index < -0.39 is 40.2 Å². The number of nitrogens with one attached hydrogen (secondary N) is 3. The van der Waals surface area contributed by atoms with Crippen LogP contribution >= 0.6 is 24.8 Å². The number of halogens is 2. The molecule has 5 heterocycles. The molecule has 4 atom stereocenters. The van der Waals surface area contributed by atoms with E-state index in [2.05, 4.69) is 9.97 Å². The molecule has 0 saturated carbocycles. The number of aromatic nitrogens is 5. The fourth-order valence-electron chi connectivity index (χ4n) is 8.62. The Labute approximate surface area is 340 Å². The Kier molecular flexibility index (Phi) is 10.6. The Bertz CT molecular complexity index is 2730. The number of pyridine rings is 1. The van der Waals surface area contributed by atoms with E-state index in [1.165, 1.54) is 58.0 Å². The van der Waals surface area contributed by atoms with E-state index in [1.807, 2.05) is 10.6 Å². The van der Waals surface area contributed by atoms with Gasteiger partial charge in [0.25, 0.3) is 16.7 Å². The normalized spacial score (nSPS) is 17.8. The third-order valence-corrected chi connectivity index (χ3v) is 12.0. The van der Waals surface area contributed by atoms with E-state index in [1.54, 1.807) is 37.4 Å². The highest BCUT2D eigenvalue weighted by Gasteiger charge is 2.38. The maximum Gasteiger partial charge on any atom is 0.329 e. The van der Waals surface area contributed by atoms with Crippen LogP contribution in [0, 0.1) is 22.3 Å². The predicted octanol–water partition coefficient (Wildman–Crippen LogP) is 3.05. The van der Waals surface area contributed by atoms with E-state index in [-0.39, 0.29) is 51.4 Å². The molecule has 0 radical (unpaired) electrons. The summed E-state index contributed by atoms with van der Waals surface area (Å²) in [5, 5.41) is 14.5. The number of thiol groups is 1. The summed E-state index contributed by atoms with van der Waals surface area (Å²) < 4.78 is 37.5. The predicted molar refractivity (Wildman–Crippen MR) is 215 cm³/mol. The fourth-order valence-corrected chi connectivity index (χ4v) is 9.25. The quantitative estimate of drug-likeness (QED) is 0.0943. The molecule has 2 aliphatic rings. The van der Waals surface area contributed by atoms with Crippen LogP contribution in [0.25, 0.3) is 0 Å². The summed E-state index contributed by atoms with van der Waals surface area (Å²) in [6.45, 7) is 2.41. The Hall–Kier alpha value is -5.84. The topological polar surface area (TPSA) is 151 Å². The summed E-state index contributed by atoms with van der Waals surface area (Å²) in [5.41, 5.74) is 0.127. The summed E-state index contributed by atoms with van der Waals surface area (Å²) in [6.07, 6.45) is 0.971. The first-order chi connectivity index (χ1) is 27.9. The minimum absolute atomic E-state index is 0.00519. The summed E-state index contributed by atoms with van der Waals surface area (Å²) >= 11 is 10.2. The summed E-state index contributed by atoms with van der Waals surface area (Å²) in [4.78, 5) is 60.4. The van der Waals surface area contributed by atoms with Crippen molar-refractivity contribution in [3.63, 3.8) is 0 Å². The zero-order valence-corrected chi connectivity index (χ0v) is 32.9. The van der Waals surface area contributed by atoms with Gasteiger partial charge in [0.2, 0.25) is 0 Å². The highest BCUT2D eigenvalue weighted by molar-refractivity contribution is 7.80. The van der Waals surface area contributed by atoms with E-state index in [0.717, 1.165) is 35.3 Å². The minimum Gasteiger partial charge on any atom is -0.860 e. The van der Waals surface area contributed by atoms with Crippen LogP contribution < -0.4 is 37.1 Å². The van der Waals surface area contributed by atoms with Gasteiger partial charge in [-0.15, -0.1) is 12.6 Å². The number of ether oxygens (including phenoxy) is 1. The Morgan fingerprint density at radius 1 is 0.879 bits per heavy atom. The molecule has 298 valence electrons. The molecule has 58 heavy (non-hydrogen) atoms. The van der Waals surface area contributed by atoms with Gasteiger partial charge in [-0.25, -0.2) is 13.6 Å². The molecule has 3 aromatic heterocycles. The van der Waals surface area contributed by atoms with Gasteiger partial charge in [-0.3, -0.25) is 28.9 Å². The van der Waals surface area contributed by atoms with Gasteiger partial charge in [-0.1, -0.05) is 36.4 Å². The molecule has 0 amide bonds. The molecule has 2 unspecified atom stereocenters. The summed E-state index contributed by atoms with van der Waals surface area (Å²) in [6, 6.07) is 21.5. The first-order valence-electron chi connectivity index (χ1n) is 18.7. The Morgan fingerprint density at radius 2 is 1.53 bits per heavy atom.